The number of hydrogen-bond donors (Lipinski definition) is 1. The molecule has 0 aliphatic heterocycles. The Hall–Kier alpha value is -2.75. The number of nitrogens with one attached hydrogen (secondary N) is 1. The molecule has 2 aromatic heterocycles. The summed E-state index contributed by atoms with van der Waals surface area (Å²) in [6, 6.07) is 7.45. The SMILES string of the molecule is Cc1nn(C(C)(C)C)c(C)c1S(=O)(=O)Nc1cccc(-c2nnnn2C2CC2)c1. The van der Waals surface area contributed by atoms with Crippen LogP contribution in [-0.2, 0) is 15.6 Å². The first kappa shape index (κ1) is 19.6. The van der Waals surface area contributed by atoms with Gasteiger partial charge >= 0.3 is 0 Å². The minimum absolute atomic E-state index is 0.209. The van der Waals surface area contributed by atoms with E-state index in [4.69, 9.17) is 0 Å². The molecular weight excluding hydrogens is 390 g/mol. The molecule has 0 unspecified atom stereocenters. The Bertz CT molecular complexity index is 1170. The molecule has 0 saturated heterocycles. The van der Waals surface area contributed by atoms with E-state index in [1.54, 1.807) is 41.4 Å². The number of sulfonamides is 1. The fourth-order valence-electron chi connectivity index (χ4n) is 3.55. The van der Waals surface area contributed by atoms with Crippen molar-refractivity contribution in [3.63, 3.8) is 0 Å². The van der Waals surface area contributed by atoms with Crippen molar-refractivity contribution in [3.05, 3.63) is 35.7 Å². The van der Waals surface area contributed by atoms with Crippen LogP contribution in [0.15, 0.2) is 29.2 Å². The van der Waals surface area contributed by atoms with Crippen molar-refractivity contribution in [2.45, 2.75) is 63.9 Å². The summed E-state index contributed by atoms with van der Waals surface area (Å²) in [7, 11) is -3.81. The van der Waals surface area contributed by atoms with Gasteiger partial charge in [0, 0.05) is 11.3 Å². The Morgan fingerprint density at radius 3 is 2.52 bits per heavy atom. The van der Waals surface area contributed by atoms with E-state index < -0.39 is 10.0 Å². The summed E-state index contributed by atoms with van der Waals surface area (Å²) in [6.07, 6.45) is 2.11. The Balaban J connectivity index is 1.68. The van der Waals surface area contributed by atoms with E-state index in [2.05, 4.69) is 25.3 Å². The van der Waals surface area contributed by atoms with Crippen LogP contribution in [0.2, 0.25) is 0 Å². The molecule has 0 spiro atoms. The van der Waals surface area contributed by atoms with Crippen molar-refractivity contribution >= 4 is 15.7 Å². The predicted molar refractivity (Wildman–Crippen MR) is 109 cm³/mol. The number of aryl methyl sites for hydroxylation is 1. The first-order chi connectivity index (χ1) is 13.6. The zero-order valence-electron chi connectivity index (χ0n) is 17.2. The first-order valence-corrected chi connectivity index (χ1v) is 11.0. The van der Waals surface area contributed by atoms with Crippen LogP contribution < -0.4 is 4.72 Å². The molecule has 1 aliphatic carbocycles. The number of benzene rings is 1. The van der Waals surface area contributed by atoms with Crippen molar-refractivity contribution < 1.29 is 8.42 Å². The molecule has 1 fully saturated rings. The molecular formula is C19H25N7O2S. The molecule has 1 N–H and O–H groups in total. The van der Waals surface area contributed by atoms with Gasteiger partial charge in [-0.15, -0.1) is 5.10 Å². The summed E-state index contributed by atoms with van der Waals surface area (Å²) in [5.74, 6) is 0.640. The third-order valence-corrected chi connectivity index (χ3v) is 6.52. The number of hydrogen-bond acceptors (Lipinski definition) is 6. The Kier molecular flexibility index (Phi) is 4.49. The van der Waals surface area contributed by atoms with Crippen LogP contribution in [0.5, 0.6) is 0 Å². The fraction of sp³-hybridized carbons (Fsp3) is 0.474. The topological polar surface area (TPSA) is 108 Å². The van der Waals surface area contributed by atoms with E-state index in [1.165, 1.54) is 0 Å². The maximum absolute atomic E-state index is 13.2. The van der Waals surface area contributed by atoms with Crippen LogP contribution in [0.1, 0.15) is 51.0 Å². The minimum atomic E-state index is -3.81. The molecule has 9 nitrogen and oxygen atoms in total. The summed E-state index contributed by atoms with van der Waals surface area (Å²) in [5.41, 5.74) is 1.98. The molecule has 3 aromatic rings. The molecule has 0 atom stereocenters. The van der Waals surface area contributed by atoms with E-state index in [9.17, 15) is 8.42 Å². The predicted octanol–water partition coefficient (Wildman–Crippen LogP) is 3.04. The lowest BCUT2D eigenvalue weighted by atomic mass is 10.1. The molecule has 1 saturated carbocycles. The monoisotopic (exact) mass is 415 g/mol. The van der Waals surface area contributed by atoms with Crippen molar-refractivity contribution in [3.8, 4) is 11.4 Å². The summed E-state index contributed by atoms with van der Waals surface area (Å²) >= 11 is 0. The maximum atomic E-state index is 13.2. The third kappa shape index (κ3) is 3.64. The van der Waals surface area contributed by atoms with Crippen LogP contribution >= 0.6 is 0 Å². The number of nitrogens with zero attached hydrogens (tertiary/aromatic N) is 6. The largest absolute Gasteiger partial charge is 0.279 e. The van der Waals surface area contributed by atoms with Gasteiger partial charge in [0.1, 0.15) is 4.90 Å². The number of rotatable bonds is 5. The van der Waals surface area contributed by atoms with Crippen molar-refractivity contribution in [1.82, 2.24) is 30.0 Å². The van der Waals surface area contributed by atoms with Crippen LogP contribution in [0.25, 0.3) is 11.4 Å². The molecule has 0 radical (unpaired) electrons. The number of tetrazole rings is 1. The summed E-state index contributed by atoms with van der Waals surface area (Å²) in [4.78, 5) is 0.209. The second-order valence-electron chi connectivity index (χ2n) is 8.45. The quantitative estimate of drug-likeness (QED) is 0.686. The average molecular weight is 416 g/mol. The van der Waals surface area contributed by atoms with E-state index in [0.29, 0.717) is 28.9 Å². The van der Waals surface area contributed by atoms with Crippen molar-refractivity contribution in [1.29, 1.82) is 0 Å². The molecule has 0 amide bonds. The zero-order chi connectivity index (χ0) is 21.0. The molecule has 0 bridgehead atoms. The minimum Gasteiger partial charge on any atom is -0.279 e. The average Bonchev–Trinajstić information content (AvgIpc) is 3.24. The third-order valence-electron chi connectivity index (χ3n) is 4.89. The lowest BCUT2D eigenvalue weighted by molar-refractivity contribution is 0.345. The lowest BCUT2D eigenvalue weighted by Crippen LogP contribution is -2.25. The van der Waals surface area contributed by atoms with Gasteiger partial charge in [0.05, 0.1) is 23.0 Å². The maximum Gasteiger partial charge on any atom is 0.265 e. The highest BCUT2D eigenvalue weighted by atomic mass is 32.2. The molecule has 1 aromatic carbocycles. The second-order valence-corrected chi connectivity index (χ2v) is 10.1. The highest BCUT2D eigenvalue weighted by Gasteiger charge is 2.30. The Morgan fingerprint density at radius 2 is 1.90 bits per heavy atom. The summed E-state index contributed by atoms with van der Waals surface area (Å²) < 4.78 is 32.5. The molecule has 10 heteroatoms. The summed E-state index contributed by atoms with van der Waals surface area (Å²) in [5, 5.41) is 16.4. The van der Waals surface area contributed by atoms with Gasteiger partial charge in [-0.1, -0.05) is 12.1 Å². The van der Waals surface area contributed by atoms with Gasteiger partial charge in [0.25, 0.3) is 10.0 Å². The molecule has 1 aliphatic rings. The zero-order valence-corrected chi connectivity index (χ0v) is 18.0. The highest BCUT2D eigenvalue weighted by Crippen LogP contribution is 2.37. The van der Waals surface area contributed by atoms with Crippen LogP contribution in [-0.4, -0.2) is 38.4 Å². The fourth-order valence-corrected chi connectivity index (χ4v) is 4.99. The standard InChI is InChI=1S/C19H25N7O2S/c1-12-17(13(2)26(21-12)19(3,4)5)29(27,28)22-15-8-6-7-14(11-15)18-20-23-24-25(18)16-9-10-16/h6-8,11,16,22H,9-10H2,1-5H3. The molecule has 154 valence electrons. The van der Waals surface area contributed by atoms with E-state index in [-0.39, 0.29) is 10.4 Å². The van der Waals surface area contributed by atoms with Gasteiger partial charge in [0.15, 0.2) is 5.82 Å². The lowest BCUT2D eigenvalue weighted by Gasteiger charge is -2.21. The molecule has 2 heterocycles. The number of anilines is 1. The first-order valence-electron chi connectivity index (χ1n) is 9.56. The summed E-state index contributed by atoms with van der Waals surface area (Å²) in [6.45, 7) is 9.46. The van der Waals surface area contributed by atoms with E-state index >= 15 is 0 Å². The van der Waals surface area contributed by atoms with Gasteiger partial charge in [-0.05, 0) is 70.0 Å². The van der Waals surface area contributed by atoms with Crippen molar-refractivity contribution in [2.24, 2.45) is 0 Å². The van der Waals surface area contributed by atoms with Crippen molar-refractivity contribution in [2.75, 3.05) is 4.72 Å². The van der Waals surface area contributed by atoms with Gasteiger partial charge < -0.3 is 0 Å². The van der Waals surface area contributed by atoms with Gasteiger partial charge in [-0.2, -0.15) is 5.10 Å². The number of aromatic nitrogens is 6. The smallest absolute Gasteiger partial charge is 0.265 e. The van der Waals surface area contributed by atoms with Gasteiger partial charge in [-0.25, -0.2) is 13.1 Å². The van der Waals surface area contributed by atoms with E-state index in [0.717, 1.165) is 18.4 Å². The van der Waals surface area contributed by atoms with Crippen LogP contribution in [0.3, 0.4) is 0 Å². The molecule has 29 heavy (non-hydrogen) atoms. The Morgan fingerprint density at radius 1 is 1.17 bits per heavy atom. The second kappa shape index (κ2) is 6.65. The van der Waals surface area contributed by atoms with E-state index in [1.807, 2.05) is 26.8 Å². The van der Waals surface area contributed by atoms with Gasteiger partial charge in [0.2, 0.25) is 0 Å². The van der Waals surface area contributed by atoms with Crippen LogP contribution in [0, 0.1) is 13.8 Å². The van der Waals surface area contributed by atoms with Crippen LogP contribution in [0.4, 0.5) is 5.69 Å². The Labute approximate surface area is 170 Å². The normalized spacial score (nSPS) is 14.9. The highest BCUT2D eigenvalue weighted by molar-refractivity contribution is 7.92. The molecule has 4 rings (SSSR count). The van der Waals surface area contributed by atoms with Gasteiger partial charge in [-0.3, -0.25) is 9.40 Å².